The molecule has 2 aromatic heterocycles. The summed E-state index contributed by atoms with van der Waals surface area (Å²) < 4.78 is 1.63. The van der Waals surface area contributed by atoms with Crippen LogP contribution >= 0.6 is 12.4 Å². The van der Waals surface area contributed by atoms with Gasteiger partial charge in [0.05, 0.1) is 5.69 Å². The van der Waals surface area contributed by atoms with Crippen molar-refractivity contribution in [3.05, 3.63) is 30.2 Å². The predicted molar refractivity (Wildman–Crippen MR) is 111 cm³/mol. The maximum atomic E-state index is 13.0. The third kappa shape index (κ3) is 4.05. The molecule has 0 aromatic carbocycles. The highest BCUT2D eigenvalue weighted by Crippen LogP contribution is 2.42. The van der Waals surface area contributed by atoms with E-state index in [0.29, 0.717) is 23.6 Å². The van der Waals surface area contributed by atoms with Gasteiger partial charge in [-0.05, 0) is 49.5 Å². The Kier molecular flexibility index (Phi) is 6.35. The van der Waals surface area contributed by atoms with Gasteiger partial charge in [0.1, 0.15) is 5.82 Å². The van der Waals surface area contributed by atoms with Crippen molar-refractivity contribution in [3.63, 3.8) is 0 Å². The summed E-state index contributed by atoms with van der Waals surface area (Å²) in [5.74, 6) is 2.37. The first-order valence-corrected chi connectivity index (χ1v) is 9.96. The maximum absolute atomic E-state index is 13.0. The summed E-state index contributed by atoms with van der Waals surface area (Å²) in [6.45, 7) is 4.15. The summed E-state index contributed by atoms with van der Waals surface area (Å²) >= 11 is 0. The number of carbonyl (C=O) groups excluding carboxylic acids is 1. The number of amides is 1. The molecule has 2 heterocycles. The second-order valence-corrected chi connectivity index (χ2v) is 8.26. The van der Waals surface area contributed by atoms with Gasteiger partial charge in [-0.1, -0.05) is 20.3 Å². The van der Waals surface area contributed by atoms with Crippen LogP contribution in [0.4, 0.5) is 5.82 Å². The molecule has 2 saturated carbocycles. The number of carbonyl (C=O) groups is 1. The molecule has 4 rings (SSSR count). The molecule has 28 heavy (non-hydrogen) atoms. The van der Waals surface area contributed by atoms with Gasteiger partial charge in [0.2, 0.25) is 5.91 Å². The van der Waals surface area contributed by atoms with Gasteiger partial charge in [-0.2, -0.15) is 9.78 Å². The number of fused-ring (bicyclic) bond motifs is 2. The minimum Gasteiger partial charge on any atom is -0.327 e. The zero-order chi connectivity index (χ0) is 19.0. The topological polar surface area (TPSA) is 98.7 Å². The molecule has 8 heteroatoms. The second-order valence-electron chi connectivity index (χ2n) is 8.26. The van der Waals surface area contributed by atoms with E-state index in [1.165, 1.54) is 6.42 Å². The molecule has 0 saturated heterocycles. The van der Waals surface area contributed by atoms with Crippen molar-refractivity contribution in [2.24, 2.45) is 23.5 Å². The molecule has 2 unspecified atom stereocenters. The number of anilines is 1. The van der Waals surface area contributed by atoms with Crippen LogP contribution in [0.3, 0.4) is 0 Å². The summed E-state index contributed by atoms with van der Waals surface area (Å²) in [7, 11) is 0. The highest BCUT2D eigenvalue weighted by Gasteiger charge is 2.40. The lowest BCUT2D eigenvalue weighted by molar-refractivity contribution is -0.122. The molecule has 2 fully saturated rings. The normalized spacial score (nSPS) is 26.6. The molecule has 152 valence electrons. The fourth-order valence-corrected chi connectivity index (χ4v) is 4.56. The first-order valence-electron chi connectivity index (χ1n) is 9.96. The van der Waals surface area contributed by atoms with Crippen molar-refractivity contribution in [2.75, 3.05) is 5.32 Å². The van der Waals surface area contributed by atoms with Gasteiger partial charge in [-0.15, -0.1) is 12.4 Å². The van der Waals surface area contributed by atoms with E-state index in [0.717, 1.165) is 31.4 Å². The van der Waals surface area contributed by atoms with E-state index >= 15 is 0 Å². The number of halogens is 1. The Labute approximate surface area is 171 Å². The molecule has 2 bridgehead atoms. The Balaban J connectivity index is 0.00000225. The van der Waals surface area contributed by atoms with E-state index in [1.807, 2.05) is 6.07 Å². The fourth-order valence-electron chi connectivity index (χ4n) is 4.56. The minimum absolute atomic E-state index is 0. The van der Waals surface area contributed by atoms with Crippen molar-refractivity contribution in [2.45, 2.75) is 57.9 Å². The molecule has 2 aromatic rings. The Morgan fingerprint density at radius 2 is 1.86 bits per heavy atom. The SMILES string of the molecule is CC(C)c1cc(NC(=O)C2CC3CCCC(C2)C3N)n(-c2ncccn2)n1.Cl. The van der Waals surface area contributed by atoms with Crippen LogP contribution < -0.4 is 11.1 Å². The van der Waals surface area contributed by atoms with Gasteiger partial charge < -0.3 is 11.1 Å². The lowest BCUT2D eigenvalue weighted by atomic mass is 9.65. The van der Waals surface area contributed by atoms with Gasteiger partial charge >= 0.3 is 0 Å². The monoisotopic (exact) mass is 404 g/mol. The van der Waals surface area contributed by atoms with Crippen molar-refractivity contribution in [3.8, 4) is 5.95 Å². The Hall–Kier alpha value is -1.99. The summed E-state index contributed by atoms with van der Waals surface area (Å²) in [4.78, 5) is 21.6. The molecule has 0 aliphatic heterocycles. The van der Waals surface area contributed by atoms with E-state index in [1.54, 1.807) is 23.1 Å². The van der Waals surface area contributed by atoms with Crippen LogP contribution in [0.2, 0.25) is 0 Å². The lowest BCUT2D eigenvalue weighted by Crippen LogP contribution is -2.48. The highest BCUT2D eigenvalue weighted by molar-refractivity contribution is 5.92. The molecule has 0 spiro atoms. The second kappa shape index (κ2) is 8.57. The Bertz CT molecular complexity index is 794. The number of nitrogens with zero attached hydrogens (tertiary/aromatic N) is 4. The standard InChI is InChI=1S/C20H28N6O.ClH/c1-12(2)16-11-17(26(25-16)20-22-7-4-8-23-20)24-19(27)15-9-13-5-3-6-14(10-15)18(13)21;/h4,7-8,11-15,18H,3,5-6,9-10,21H2,1-2H3,(H,24,27);1H. The number of hydrogen-bond donors (Lipinski definition) is 2. The van der Waals surface area contributed by atoms with E-state index < -0.39 is 0 Å². The Morgan fingerprint density at radius 1 is 1.21 bits per heavy atom. The van der Waals surface area contributed by atoms with Crippen LogP contribution in [0.1, 0.15) is 57.6 Å². The smallest absolute Gasteiger partial charge is 0.252 e. The molecule has 3 N–H and O–H groups in total. The molecule has 0 radical (unpaired) electrons. The van der Waals surface area contributed by atoms with Gasteiger partial charge in [0.15, 0.2) is 0 Å². The minimum atomic E-state index is 0. The van der Waals surface area contributed by atoms with Gasteiger partial charge in [0, 0.05) is 30.4 Å². The summed E-state index contributed by atoms with van der Waals surface area (Å²) in [5, 5.41) is 7.70. The van der Waals surface area contributed by atoms with Gasteiger partial charge in [-0.3, -0.25) is 4.79 Å². The molecule has 1 amide bonds. The van der Waals surface area contributed by atoms with Crippen molar-refractivity contribution < 1.29 is 4.79 Å². The number of hydrogen-bond acceptors (Lipinski definition) is 5. The van der Waals surface area contributed by atoms with Crippen LogP contribution in [-0.2, 0) is 4.79 Å². The highest BCUT2D eigenvalue weighted by atomic mass is 35.5. The summed E-state index contributed by atoms with van der Waals surface area (Å²) in [6.07, 6.45) is 8.66. The van der Waals surface area contributed by atoms with Crippen molar-refractivity contribution >= 4 is 24.1 Å². The van der Waals surface area contributed by atoms with E-state index in [9.17, 15) is 4.79 Å². The molecule has 2 aliphatic rings. The van der Waals surface area contributed by atoms with Crippen LogP contribution in [-0.4, -0.2) is 31.7 Å². The Morgan fingerprint density at radius 3 is 2.46 bits per heavy atom. The van der Waals surface area contributed by atoms with Gasteiger partial charge in [0.25, 0.3) is 5.95 Å². The number of nitrogens with one attached hydrogen (secondary N) is 1. The van der Waals surface area contributed by atoms with E-state index in [2.05, 4.69) is 34.2 Å². The van der Waals surface area contributed by atoms with Gasteiger partial charge in [-0.25, -0.2) is 9.97 Å². The number of rotatable bonds is 4. The first kappa shape index (κ1) is 20.7. The quantitative estimate of drug-likeness (QED) is 0.814. The average molecular weight is 405 g/mol. The zero-order valence-electron chi connectivity index (χ0n) is 16.4. The van der Waals surface area contributed by atoms with E-state index in [4.69, 9.17) is 5.73 Å². The van der Waals surface area contributed by atoms with Crippen molar-refractivity contribution in [1.29, 1.82) is 0 Å². The van der Waals surface area contributed by atoms with Crippen LogP contribution in [0.15, 0.2) is 24.5 Å². The predicted octanol–water partition coefficient (Wildman–Crippen LogP) is 3.30. The lowest BCUT2D eigenvalue weighted by Gasteiger charge is -2.43. The van der Waals surface area contributed by atoms with E-state index in [-0.39, 0.29) is 36.2 Å². The van der Waals surface area contributed by atoms with Crippen LogP contribution in [0.5, 0.6) is 0 Å². The number of aromatic nitrogens is 4. The third-order valence-corrected chi connectivity index (χ3v) is 6.10. The average Bonchev–Trinajstić information content (AvgIpc) is 3.06. The maximum Gasteiger partial charge on any atom is 0.252 e. The third-order valence-electron chi connectivity index (χ3n) is 6.10. The van der Waals surface area contributed by atoms with Crippen LogP contribution in [0, 0.1) is 17.8 Å². The zero-order valence-corrected chi connectivity index (χ0v) is 17.2. The first-order chi connectivity index (χ1) is 13.0. The number of nitrogens with two attached hydrogens (primary N) is 1. The molecular formula is C20H29ClN6O. The summed E-state index contributed by atoms with van der Waals surface area (Å²) in [6, 6.07) is 3.95. The molecule has 2 atom stereocenters. The largest absolute Gasteiger partial charge is 0.327 e. The fraction of sp³-hybridized carbons (Fsp3) is 0.600. The molecule has 7 nitrogen and oxygen atoms in total. The molecule has 2 aliphatic carbocycles. The summed E-state index contributed by atoms with van der Waals surface area (Å²) in [5.41, 5.74) is 7.28. The van der Waals surface area contributed by atoms with Crippen molar-refractivity contribution in [1.82, 2.24) is 19.7 Å². The van der Waals surface area contributed by atoms with Crippen LogP contribution in [0.25, 0.3) is 5.95 Å². The molecular weight excluding hydrogens is 376 g/mol.